The normalized spacial score (nSPS) is 11.4. The fourth-order valence-corrected chi connectivity index (χ4v) is 2.27. The molecule has 0 spiro atoms. The Morgan fingerprint density at radius 3 is 2.56 bits per heavy atom. The van der Waals surface area contributed by atoms with Crippen molar-refractivity contribution < 1.29 is 18.3 Å². The largest absolute Gasteiger partial charge is 0.478 e. The molecule has 1 aromatic rings. The highest BCUT2D eigenvalue weighted by Crippen LogP contribution is 2.19. The van der Waals surface area contributed by atoms with Crippen molar-refractivity contribution in [1.82, 2.24) is 0 Å². The summed E-state index contributed by atoms with van der Waals surface area (Å²) in [5, 5.41) is 8.91. The van der Waals surface area contributed by atoms with Crippen molar-refractivity contribution in [1.29, 1.82) is 0 Å². The minimum Gasteiger partial charge on any atom is -0.478 e. The summed E-state index contributed by atoms with van der Waals surface area (Å²) in [6.07, 6.45) is 0. The molecule has 4 nitrogen and oxygen atoms in total. The second kappa shape index (κ2) is 4.84. The van der Waals surface area contributed by atoms with Crippen LogP contribution < -0.4 is 0 Å². The van der Waals surface area contributed by atoms with Crippen molar-refractivity contribution >= 4 is 27.4 Å². The van der Waals surface area contributed by atoms with E-state index < -0.39 is 15.8 Å². The van der Waals surface area contributed by atoms with Gasteiger partial charge in [-0.25, -0.2) is 13.2 Å². The quantitative estimate of drug-likeness (QED) is 0.901. The SMILES string of the molecule is CCS(=O)(=O)Cc1ccc(Cl)c(C(=O)O)c1. The fourth-order valence-electron chi connectivity index (χ4n) is 1.18. The first-order chi connectivity index (χ1) is 7.35. The van der Waals surface area contributed by atoms with Gasteiger partial charge >= 0.3 is 5.97 Å². The van der Waals surface area contributed by atoms with E-state index in [0.29, 0.717) is 5.56 Å². The van der Waals surface area contributed by atoms with Crippen LogP contribution in [0.5, 0.6) is 0 Å². The van der Waals surface area contributed by atoms with Gasteiger partial charge in [0.15, 0.2) is 9.84 Å². The number of hydrogen-bond donors (Lipinski definition) is 1. The van der Waals surface area contributed by atoms with Gasteiger partial charge in [-0.2, -0.15) is 0 Å². The Balaban J connectivity index is 3.09. The summed E-state index contributed by atoms with van der Waals surface area (Å²) in [7, 11) is -3.16. The van der Waals surface area contributed by atoms with Gasteiger partial charge in [0.1, 0.15) is 0 Å². The van der Waals surface area contributed by atoms with Gasteiger partial charge in [0.05, 0.1) is 16.3 Å². The third kappa shape index (κ3) is 3.21. The van der Waals surface area contributed by atoms with Crippen LogP contribution in [-0.2, 0) is 15.6 Å². The summed E-state index contributed by atoms with van der Waals surface area (Å²) in [5.74, 6) is -1.31. The summed E-state index contributed by atoms with van der Waals surface area (Å²) in [4.78, 5) is 10.8. The molecule has 0 radical (unpaired) electrons. The van der Waals surface area contributed by atoms with Gasteiger partial charge in [0.2, 0.25) is 0 Å². The number of sulfone groups is 1. The monoisotopic (exact) mass is 262 g/mol. The van der Waals surface area contributed by atoms with E-state index >= 15 is 0 Å². The Morgan fingerprint density at radius 1 is 1.44 bits per heavy atom. The van der Waals surface area contributed by atoms with Crippen LogP contribution in [0.1, 0.15) is 22.8 Å². The molecule has 1 aromatic carbocycles. The van der Waals surface area contributed by atoms with E-state index in [4.69, 9.17) is 16.7 Å². The Bertz CT molecular complexity index is 508. The molecule has 1 rings (SSSR count). The molecule has 0 aromatic heterocycles. The number of rotatable bonds is 4. The van der Waals surface area contributed by atoms with Crippen molar-refractivity contribution in [3.05, 3.63) is 34.3 Å². The molecular weight excluding hydrogens is 252 g/mol. The maximum atomic E-state index is 11.4. The van der Waals surface area contributed by atoms with Crippen LogP contribution >= 0.6 is 11.6 Å². The van der Waals surface area contributed by atoms with E-state index in [2.05, 4.69) is 0 Å². The van der Waals surface area contributed by atoms with E-state index in [1.165, 1.54) is 18.2 Å². The van der Waals surface area contributed by atoms with Crippen LogP contribution in [0.2, 0.25) is 5.02 Å². The molecule has 0 atom stereocenters. The average molecular weight is 263 g/mol. The zero-order valence-corrected chi connectivity index (χ0v) is 10.2. The molecular formula is C10H11ClO4S. The minimum atomic E-state index is -3.16. The van der Waals surface area contributed by atoms with Crippen LogP contribution in [0.3, 0.4) is 0 Å². The number of carbonyl (C=O) groups is 1. The molecule has 1 N–H and O–H groups in total. The predicted molar refractivity (Wildman–Crippen MR) is 61.6 cm³/mol. The van der Waals surface area contributed by atoms with Gasteiger partial charge in [-0.1, -0.05) is 24.6 Å². The summed E-state index contributed by atoms with van der Waals surface area (Å²) in [6.45, 7) is 1.54. The zero-order chi connectivity index (χ0) is 12.3. The predicted octanol–water partition coefficient (Wildman–Crippen LogP) is 1.97. The lowest BCUT2D eigenvalue weighted by Crippen LogP contribution is -2.07. The molecule has 0 fully saturated rings. The highest BCUT2D eigenvalue weighted by Gasteiger charge is 2.13. The number of halogens is 1. The summed E-state index contributed by atoms with van der Waals surface area (Å²) < 4.78 is 22.7. The minimum absolute atomic E-state index is 0.0258. The van der Waals surface area contributed by atoms with Crippen molar-refractivity contribution in [3.8, 4) is 0 Å². The highest BCUT2D eigenvalue weighted by molar-refractivity contribution is 7.90. The first-order valence-corrected chi connectivity index (χ1v) is 6.78. The molecule has 0 aliphatic carbocycles. The molecule has 0 amide bonds. The second-order valence-corrected chi connectivity index (χ2v) is 6.06. The highest BCUT2D eigenvalue weighted by atomic mass is 35.5. The topological polar surface area (TPSA) is 71.4 Å². The van der Waals surface area contributed by atoms with Crippen molar-refractivity contribution in [2.75, 3.05) is 5.75 Å². The van der Waals surface area contributed by atoms with E-state index in [-0.39, 0.29) is 22.1 Å². The molecule has 0 heterocycles. The third-order valence-electron chi connectivity index (χ3n) is 2.09. The van der Waals surface area contributed by atoms with Gasteiger partial charge < -0.3 is 5.11 Å². The number of carboxylic acids is 1. The Hall–Kier alpha value is -1.07. The van der Waals surface area contributed by atoms with Crippen molar-refractivity contribution in [2.45, 2.75) is 12.7 Å². The van der Waals surface area contributed by atoms with E-state index in [0.717, 1.165) is 0 Å². The summed E-state index contributed by atoms with van der Waals surface area (Å²) in [6, 6.07) is 4.20. The number of carboxylic acid groups (broad SMARTS) is 1. The van der Waals surface area contributed by atoms with Crippen LogP contribution in [0.25, 0.3) is 0 Å². The fraction of sp³-hybridized carbons (Fsp3) is 0.300. The lowest BCUT2D eigenvalue weighted by atomic mass is 10.1. The lowest BCUT2D eigenvalue weighted by Gasteiger charge is -2.04. The average Bonchev–Trinajstić information content (AvgIpc) is 2.20. The zero-order valence-electron chi connectivity index (χ0n) is 8.60. The van der Waals surface area contributed by atoms with Crippen LogP contribution in [0, 0.1) is 0 Å². The van der Waals surface area contributed by atoms with Crippen LogP contribution in [-0.4, -0.2) is 25.2 Å². The van der Waals surface area contributed by atoms with Gasteiger partial charge in [-0.3, -0.25) is 0 Å². The second-order valence-electron chi connectivity index (χ2n) is 3.30. The Labute approximate surface area is 98.8 Å². The number of aromatic carboxylic acids is 1. The van der Waals surface area contributed by atoms with E-state index in [1.54, 1.807) is 6.92 Å². The standard InChI is InChI=1S/C10H11ClO4S/c1-2-16(14,15)6-7-3-4-9(11)8(5-7)10(12)13/h3-5H,2,6H2,1H3,(H,12,13). The van der Waals surface area contributed by atoms with E-state index in [9.17, 15) is 13.2 Å². The first-order valence-electron chi connectivity index (χ1n) is 4.58. The summed E-state index contributed by atoms with van der Waals surface area (Å²) in [5.41, 5.74) is 0.356. The maximum absolute atomic E-state index is 11.4. The van der Waals surface area contributed by atoms with Gasteiger partial charge in [-0.05, 0) is 17.7 Å². The van der Waals surface area contributed by atoms with Gasteiger partial charge in [0.25, 0.3) is 0 Å². The summed E-state index contributed by atoms with van der Waals surface area (Å²) >= 11 is 5.67. The Morgan fingerprint density at radius 2 is 2.06 bits per heavy atom. The Kier molecular flexibility index (Phi) is 3.93. The third-order valence-corrected chi connectivity index (χ3v) is 4.07. The van der Waals surface area contributed by atoms with Gasteiger partial charge in [0, 0.05) is 5.75 Å². The molecule has 6 heteroatoms. The smallest absolute Gasteiger partial charge is 0.337 e. The lowest BCUT2D eigenvalue weighted by molar-refractivity contribution is 0.0697. The molecule has 0 unspecified atom stereocenters. The van der Waals surface area contributed by atoms with Crippen LogP contribution in [0.4, 0.5) is 0 Å². The molecule has 0 bridgehead atoms. The molecule has 0 saturated heterocycles. The first kappa shape index (κ1) is 13.0. The molecule has 16 heavy (non-hydrogen) atoms. The molecule has 0 aliphatic heterocycles. The maximum Gasteiger partial charge on any atom is 0.337 e. The molecule has 0 aliphatic rings. The van der Waals surface area contributed by atoms with E-state index in [1.807, 2.05) is 0 Å². The van der Waals surface area contributed by atoms with Crippen LogP contribution in [0.15, 0.2) is 18.2 Å². The van der Waals surface area contributed by atoms with Crippen molar-refractivity contribution in [3.63, 3.8) is 0 Å². The van der Waals surface area contributed by atoms with Crippen molar-refractivity contribution in [2.24, 2.45) is 0 Å². The molecule has 88 valence electrons. The number of hydrogen-bond acceptors (Lipinski definition) is 3. The molecule has 0 saturated carbocycles. The van der Waals surface area contributed by atoms with Gasteiger partial charge in [-0.15, -0.1) is 0 Å². The number of benzene rings is 1.